The zero-order chi connectivity index (χ0) is 13.0. The van der Waals surface area contributed by atoms with E-state index in [-0.39, 0.29) is 17.7 Å². The van der Waals surface area contributed by atoms with Crippen LogP contribution in [0.4, 0.5) is 0 Å². The topological polar surface area (TPSA) is 61.4 Å². The molecule has 0 saturated carbocycles. The van der Waals surface area contributed by atoms with Crippen LogP contribution in [0.3, 0.4) is 0 Å². The standard InChI is InChI=1S/C13H23N3O2/c1-2-16(9-11-4-3-7-14-11)13(18)10-5-6-12(17)15-8-10/h10-11,14H,2-9H2,1H3,(H,15,17). The summed E-state index contributed by atoms with van der Waals surface area (Å²) in [5, 5.41) is 6.21. The number of carbonyl (C=O) groups is 2. The summed E-state index contributed by atoms with van der Waals surface area (Å²) in [5.41, 5.74) is 0. The lowest BCUT2D eigenvalue weighted by Gasteiger charge is -2.30. The lowest BCUT2D eigenvalue weighted by atomic mass is 9.97. The SMILES string of the molecule is CCN(CC1CCCN1)C(=O)C1CCC(=O)NC1. The molecular formula is C13H23N3O2. The van der Waals surface area contributed by atoms with Crippen LogP contribution in [-0.4, -0.2) is 48.9 Å². The maximum Gasteiger partial charge on any atom is 0.227 e. The molecule has 2 unspecified atom stereocenters. The third-order valence-electron chi connectivity index (χ3n) is 3.91. The predicted molar refractivity (Wildman–Crippen MR) is 69.0 cm³/mol. The van der Waals surface area contributed by atoms with E-state index in [1.54, 1.807) is 0 Å². The van der Waals surface area contributed by atoms with Crippen LogP contribution in [0.1, 0.15) is 32.6 Å². The van der Waals surface area contributed by atoms with Gasteiger partial charge < -0.3 is 15.5 Å². The Morgan fingerprint density at radius 2 is 2.28 bits per heavy atom. The van der Waals surface area contributed by atoms with Crippen molar-refractivity contribution in [3.8, 4) is 0 Å². The van der Waals surface area contributed by atoms with Crippen molar-refractivity contribution in [3.63, 3.8) is 0 Å². The van der Waals surface area contributed by atoms with Gasteiger partial charge in [-0.1, -0.05) is 0 Å². The van der Waals surface area contributed by atoms with Gasteiger partial charge in [-0.2, -0.15) is 0 Å². The van der Waals surface area contributed by atoms with E-state index in [0.717, 1.165) is 26.1 Å². The number of hydrogen-bond donors (Lipinski definition) is 2. The third kappa shape index (κ3) is 3.22. The van der Waals surface area contributed by atoms with E-state index in [1.807, 2.05) is 11.8 Å². The molecule has 2 heterocycles. The lowest BCUT2D eigenvalue weighted by molar-refractivity contribution is -0.137. The monoisotopic (exact) mass is 253 g/mol. The van der Waals surface area contributed by atoms with Crippen LogP contribution in [0.15, 0.2) is 0 Å². The molecule has 2 amide bonds. The van der Waals surface area contributed by atoms with Crippen LogP contribution in [0.2, 0.25) is 0 Å². The lowest BCUT2D eigenvalue weighted by Crippen LogP contribution is -2.48. The van der Waals surface area contributed by atoms with Gasteiger partial charge in [-0.15, -0.1) is 0 Å². The van der Waals surface area contributed by atoms with Crippen molar-refractivity contribution in [2.45, 2.75) is 38.6 Å². The average Bonchev–Trinajstić information content (AvgIpc) is 2.89. The minimum Gasteiger partial charge on any atom is -0.355 e. The molecule has 2 rings (SSSR count). The quantitative estimate of drug-likeness (QED) is 0.748. The molecule has 18 heavy (non-hydrogen) atoms. The smallest absolute Gasteiger partial charge is 0.227 e. The molecule has 2 fully saturated rings. The zero-order valence-corrected chi connectivity index (χ0v) is 11.1. The van der Waals surface area contributed by atoms with E-state index in [2.05, 4.69) is 10.6 Å². The molecule has 0 bridgehead atoms. The summed E-state index contributed by atoms with van der Waals surface area (Å²) in [6.45, 7) is 5.15. The maximum atomic E-state index is 12.4. The van der Waals surface area contributed by atoms with Crippen LogP contribution >= 0.6 is 0 Å². The first-order valence-electron chi connectivity index (χ1n) is 6.99. The fourth-order valence-corrected chi connectivity index (χ4v) is 2.76. The summed E-state index contributed by atoms with van der Waals surface area (Å²) in [7, 11) is 0. The van der Waals surface area contributed by atoms with Gasteiger partial charge in [0.1, 0.15) is 0 Å². The molecule has 102 valence electrons. The molecule has 2 atom stereocenters. The number of piperidine rings is 1. The van der Waals surface area contributed by atoms with Crippen LogP contribution in [0.25, 0.3) is 0 Å². The first-order chi connectivity index (χ1) is 8.70. The van der Waals surface area contributed by atoms with Crippen molar-refractivity contribution in [3.05, 3.63) is 0 Å². The van der Waals surface area contributed by atoms with Crippen LogP contribution < -0.4 is 10.6 Å². The molecule has 0 radical (unpaired) electrons. The van der Waals surface area contributed by atoms with Gasteiger partial charge in [0.25, 0.3) is 0 Å². The fraction of sp³-hybridized carbons (Fsp3) is 0.846. The summed E-state index contributed by atoms with van der Waals surface area (Å²) >= 11 is 0. The highest BCUT2D eigenvalue weighted by Gasteiger charge is 2.29. The van der Waals surface area contributed by atoms with Crippen LogP contribution in [0, 0.1) is 5.92 Å². The van der Waals surface area contributed by atoms with Crippen molar-refractivity contribution < 1.29 is 9.59 Å². The highest BCUT2D eigenvalue weighted by atomic mass is 16.2. The van der Waals surface area contributed by atoms with Gasteiger partial charge in [0.15, 0.2) is 0 Å². The zero-order valence-electron chi connectivity index (χ0n) is 11.1. The molecule has 2 N–H and O–H groups in total. The predicted octanol–water partition coefficient (Wildman–Crippen LogP) is 0.113. The molecule has 0 aliphatic carbocycles. The van der Waals surface area contributed by atoms with Crippen molar-refractivity contribution in [2.24, 2.45) is 5.92 Å². The van der Waals surface area contributed by atoms with Gasteiger partial charge >= 0.3 is 0 Å². The largest absolute Gasteiger partial charge is 0.355 e. The average molecular weight is 253 g/mol. The first kappa shape index (κ1) is 13.3. The summed E-state index contributed by atoms with van der Waals surface area (Å²) in [6, 6.07) is 0.451. The van der Waals surface area contributed by atoms with Crippen molar-refractivity contribution >= 4 is 11.8 Å². The second-order valence-corrected chi connectivity index (χ2v) is 5.21. The Bertz CT molecular complexity index is 303. The molecule has 0 aromatic carbocycles. The Morgan fingerprint density at radius 1 is 1.44 bits per heavy atom. The van der Waals surface area contributed by atoms with Gasteiger partial charge in [-0.25, -0.2) is 0 Å². The van der Waals surface area contributed by atoms with Crippen molar-refractivity contribution in [1.29, 1.82) is 0 Å². The van der Waals surface area contributed by atoms with E-state index in [1.165, 1.54) is 6.42 Å². The number of carbonyl (C=O) groups excluding carboxylic acids is 2. The summed E-state index contributed by atoms with van der Waals surface area (Å²) < 4.78 is 0. The minimum atomic E-state index is -0.0240. The van der Waals surface area contributed by atoms with Gasteiger partial charge in [-0.3, -0.25) is 9.59 Å². The molecular weight excluding hydrogens is 230 g/mol. The van der Waals surface area contributed by atoms with E-state index in [4.69, 9.17) is 0 Å². The Hall–Kier alpha value is -1.10. The normalized spacial score (nSPS) is 27.9. The highest BCUT2D eigenvalue weighted by Crippen LogP contribution is 2.15. The summed E-state index contributed by atoms with van der Waals surface area (Å²) in [4.78, 5) is 25.4. The fourth-order valence-electron chi connectivity index (χ4n) is 2.76. The van der Waals surface area contributed by atoms with Gasteiger partial charge in [0.2, 0.25) is 11.8 Å². The number of rotatable bonds is 4. The van der Waals surface area contributed by atoms with E-state index in [9.17, 15) is 9.59 Å². The van der Waals surface area contributed by atoms with Crippen LogP contribution in [-0.2, 0) is 9.59 Å². The highest BCUT2D eigenvalue weighted by molar-refractivity contribution is 5.83. The molecule has 0 aromatic heterocycles. The van der Waals surface area contributed by atoms with E-state index >= 15 is 0 Å². The Kier molecular flexibility index (Phi) is 4.58. The number of nitrogens with zero attached hydrogens (tertiary/aromatic N) is 1. The van der Waals surface area contributed by atoms with Crippen molar-refractivity contribution in [2.75, 3.05) is 26.2 Å². The molecule has 5 nitrogen and oxygen atoms in total. The summed E-state index contributed by atoms with van der Waals surface area (Å²) in [5.74, 6) is 0.245. The van der Waals surface area contributed by atoms with Gasteiger partial charge in [0, 0.05) is 32.1 Å². The van der Waals surface area contributed by atoms with E-state index < -0.39 is 0 Å². The minimum absolute atomic E-state index is 0.0240. The Labute approximate surface area is 108 Å². The third-order valence-corrected chi connectivity index (χ3v) is 3.91. The molecule has 0 spiro atoms. The first-order valence-corrected chi connectivity index (χ1v) is 6.99. The number of likely N-dealkylation sites (N-methyl/N-ethyl adjacent to an activating group) is 1. The number of amides is 2. The Balaban J connectivity index is 1.86. The number of nitrogens with one attached hydrogen (secondary N) is 2. The molecule has 2 aliphatic rings. The van der Waals surface area contributed by atoms with Gasteiger partial charge in [0.05, 0.1) is 5.92 Å². The van der Waals surface area contributed by atoms with Gasteiger partial charge in [-0.05, 0) is 32.7 Å². The van der Waals surface area contributed by atoms with Crippen LogP contribution in [0.5, 0.6) is 0 Å². The second kappa shape index (κ2) is 6.18. The maximum absolute atomic E-state index is 12.4. The molecule has 2 aliphatic heterocycles. The number of hydrogen-bond acceptors (Lipinski definition) is 3. The second-order valence-electron chi connectivity index (χ2n) is 5.21. The molecule has 2 saturated heterocycles. The summed E-state index contributed by atoms with van der Waals surface area (Å²) in [6.07, 6.45) is 3.54. The Morgan fingerprint density at radius 3 is 2.83 bits per heavy atom. The molecule has 0 aromatic rings. The molecule has 5 heteroatoms. The van der Waals surface area contributed by atoms with E-state index in [0.29, 0.717) is 25.4 Å². The van der Waals surface area contributed by atoms with Crippen molar-refractivity contribution in [1.82, 2.24) is 15.5 Å².